The van der Waals surface area contributed by atoms with E-state index in [0.717, 1.165) is 24.6 Å². The first-order valence-electron chi connectivity index (χ1n) is 4.89. The molecular formula is C10H17N5. The molecule has 0 aliphatic rings. The highest BCUT2D eigenvalue weighted by Crippen LogP contribution is 2.02. The molecule has 1 aromatic heterocycles. The summed E-state index contributed by atoms with van der Waals surface area (Å²) in [6.45, 7) is 3.70. The largest absolute Gasteiger partial charge is 0.404 e. The summed E-state index contributed by atoms with van der Waals surface area (Å²) in [6, 6.07) is 0. The Kier molecular flexibility index (Phi) is 4.40. The first kappa shape index (κ1) is 11.3. The van der Waals surface area contributed by atoms with Crippen molar-refractivity contribution >= 4 is 5.84 Å². The molecule has 15 heavy (non-hydrogen) atoms. The van der Waals surface area contributed by atoms with Crippen molar-refractivity contribution in [2.45, 2.75) is 13.5 Å². The SMILES string of the molecule is CCN(Cc1cnc[nH]1)C(C=CN)=NC. The van der Waals surface area contributed by atoms with Gasteiger partial charge in [-0.05, 0) is 19.2 Å². The molecule has 0 fully saturated rings. The smallest absolute Gasteiger partial charge is 0.124 e. The van der Waals surface area contributed by atoms with E-state index in [1.54, 1.807) is 19.5 Å². The third-order valence-corrected chi connectivity index (χ3v) is 2.10. The Morgan fingerprint density at radius 1 is 1.73 bits per heavy atom. The molecule has 0 saturated heterocycles. The molecular weight excluding hydrogens is 190 g/mol. The van der Waals surface area contributed by atoms with Crippen LogP contribution >= 0.6 is 0 Å². The molecule has 0 radical (unpaired) electrons. The Labute approximate surface area is 89.7 Å². The van der Waals surface area contributed by atoms with Crippen LogP contribution in [0.4, 0.5) is 0 Å². The number of aromatic nitrogens is 2. The molecule has 0 aliphatic heterocycles. The van der Waals surface area contributed by atoms with Crippen LogP contribution < -0.4 is 5.73 Å². The second-order valence-electron chi connectivity index (χ2n) is 3.03. The number of aliphatic imine (C=N–C) groups is 1. The summed E-state index contributed by atoms with van der Waals surface area (Å²) in [5, 5.41) is 0. The predicted molar refractivity (Wildman–Crippen MR) is 61.4 cm³/mol. The molecule has 0 aliphatic carbocycles. The highest BCUT2D eigenvalue weighted by Gasteiger charge is 2.07. The van der Waals surface area contributed by atoms with Crippen LogP contribution in [0, 0.1) is 0 Å². The van der Waals surface area contributed by atoms with Gasteiger partial charge in [0, 0.05) is 19.8 Å². The minimum Gasteiger partial charge on any atom is -0.404 e. The number of aromatic amines is 1. The van der Waals surface area contributed by atoms with Crippen molar-refractivity contribution in [3.63, 3.8) is 0 Å². The zero-order valence-electron chi connectivity index (χ0n) is 9.14. The number of likely N-dealkylation sites (N-methyl/N-ethyl adjacent to an activating group) is 1. The first-order valence-corrected chi connectivity index (χ1v) is 4.89. The highest BCUT2D eigenvalue weighted by atomic mass is 15.2. The maximum Gasteiger partial charge on any atom is 0.124 e. The Balaban J connectivity index is 2.70. The van der Waals surface area contributed by atoms with E-state index in [4.69, 9.17) is 5.73 Å². The molecule has 5 nitrogen and oxygen atoms in total. The van der Waals surface area contributed by atoms with Crippen LogP contribution in [0.1, 0.15) is 12.6 Å². The lowest BCUT2D eigenvalue weighted by molar-refractivity contribution is 0.432. The lowest BCUT2D eigenvalue weighted by atomic mass is 10.3. The molecule has 0 unspecified atom stereocenters. The van der Waals surface area contributed by atoms with Crippen molar-refractivity contribution in [1.29, 1.82) is 0 Å². The Morgan fingerprint density at radius 3 is 3.00 bits per heavy atom. The second kappa shape index (κ2) is 5.85. The molecule has 82 valence electrons. The monoisotopic (exact) mass is 207 g/mol. The van der Waals surface area contributed by atoms with Gasteiger partial charge in [-0.1, -0.05) is 0 Å². The lowest BCUT2D eigenvalue weighted by Crippen LogP contribution is -2.29. The van der Waals surface area contributed by atoms with E-state index < -0.39 is 0 Å². The minimum absolute atomic E-state index is 0.757. The fourth-order valence-electron chi connectivity index (χ4n) is 1.34. The van der Waals surface area contributed by atoms with Crippen molar-refractivity contribution in [1.82, 2.24) is 14.9 Å². The molecule has 1 aromatic rings. The zero-order chi connectivity index (χ0) is 11.1. The van der Waals surface area contributed by atoms with E-state index >= 15 is 0 Å². The number of nitrogens with two attached hydrogens (primary N) is 1. The van der Waals surface area contributed by atoms with Crippen LogP contribution in [-0.2, 0) is 6.54 Å². The van der Waals surface area contributed by atoms with Gasteiger partial charge in [0.05, 0.1) is 18.6 Å². The predicted octanol–water partition coefficient (Wildman–Crippen LogP) is 0.732. The summed E-state index contributed by atoms with van der Waals surface area (Å²) < 4.78 is 0. The number of imidazole rings is 1. The van der Waals surface area contributed by atoms with Gasteiger partial charge in [-0.25, -0.2) is 4.98 Å². The van der Waals surface area contributed by atoms with Crippen molar-refractivity contribution in [3.8, 4) is 0 Å². The summed E-state index contributed by atoms with van der Waals surface area (Å²) in [6.07, 6.45) is 6.77. The summed E-state index contributed by atoms with van der Waals surface area (Å²) >= 11 is 0. The van der Waals surface area contributed by atoms with Crippen LogP contribution in [0.15, 0.2) is 29.8 Å². The van der Waals surface area contributed by atoms with Gasteiger partial charge in [0.1, 0.15) is 5.84 Å². The van der Waals surface area contributed by atoms with E-state index in [1.165, 1.54) is 6.20 Å². The van der Waals surface area contributed by atoms with Crippen LogP contribution in [0.2, 0.25) is 0 Å². The number of nitrogens with one attached hydrogen (secondary N) is 1. The molecule has 5 heteroatoms. The van der Waals surface area contributed by atoms with Crippen molar-refractivity contribution in [3.05, 3.63) is 30.5 Å². The molecule has 0 saturated carbocycles. The van der Waals surface area contributed by atoms with Crippen molar-refractivity contribution in [2.24, 2.45) is 10.7 Å². The van der Waals surface area contributed by atoms with Gasteiger partial charge in [0.25, 0.3) is 0 Å². The number of nitrogens with zero attached hydrogens (tertiary/aromatic N) is 3. The average molecular weight is 207 g/mol. The zero-order valence-corrected chi connectivity index (χ0v) is 9.14. The second-order valence-corrected chi connectivity index (χ2v) is 3.03. The Morgan fingerprint density at radius 2 is 2.53 bits per heavy atom. The van der Waals surface area contributed by atoms with Gasteiger partial charge < -0.3 is 15.6 Å². The maximum atomic E-state index is 5.36. The maximum absolute atomic E-state index is 5.36. The highest BCUT2D eigenvalue weighted by molar-refractivity contribution is 5.92. The summed E-state index contributed by atoms with van der Waals surface area (Å²) in [5.41, 5.74) is 6.42. The van der Waals surface area contributed by atoms with Crippen LogP contribution in [0.3, 0.4) is 0 Å². The fourth-order valence-corrected chi connectivity index (χ4v) is 1.34. The van der Waals surface area contributed by atoms with E-state index in [-0.39, 0.29) is 0 Å². The average Bonchev–Trinajstić information content (AvgIpc) is 2.75. The van der Waals surface area contributed by atoms with E-state index in [0.29, 0.717) is 0 Å². The van der Waals surface area contributed by atoms with E-state index in [9.17, 15) is 0 Å². The van der Waals surface area contributed by atoms with Crippen LogP contribution in [0.5, 0.6) is 0 Å². The molecule has 0 spiro atoms. The normalized spacial score (nSPS) is 12.3. The molecule has 1 heterocycles. The van der Waals surface area contributed by atoms with Gasteiger partial charge in [-0.3, -0.25) is 4.99 Å². The van der Waals surface area contributed by atoms with Crippen LogP contribution in [0.25, 0.3) is 0 Å². The number of hydrogen-bond donors (Lipinski definition) is 2. The molecule has 0 atom stereocenters. The first-order chi connectivity index (χ1) is 7.31. The number of hydrogen-bond acceptors (Lipinski definition) is 3. The minimum atomic E-state index is 0.757. The number of H-pyrrole nitrogens is 1. The van der Waals surface area contributed by atoms with E-state index in [1.807, 2.05) is 6.20 Å². The van der Waals surface area contributed by atoms with E-state index in [2.05, 4.69) is 26.8 Å². The van der Waals surface area contributed by atoms with Gasteiger partial charge in [-0.2, -0.15) is 0 Å². The Hall–Kier alpha value is -1.78. The van der Waals surface area contributed by atoms with Gasteiger partial charge in [0.2, 0.25) is 0 Å². The fraction of sp³-hybridized carbons (Fsp3) is 0.400. The quantitative estimate of drug-likeness (QED) is 0.565. The summed E-state index contributed by atoms with van der Waals surface area (Å²) in [7, 11) is 1.75. The summed E-state index contributed by atoms with van der Waals surface area (Å²) in [5.74, 6) is 0.870. The topological polar surface area (TPSA) is 70.3 Å². The third kappa shape index (κ3) is 3.12. The molecule has 3 N–H and O–H groups in total. The molecule has 1 rings (SSSR count). The third-order valence-electron chi connectivity index (χ3n) is 2.10. The van der Waals surface area contributed by atoms with Gasteiger partial charge >= 0.3 is 0 Å². The summed E-state index contributed by atoms with van der Waals surface area (Å²) in [4.78, 5) is 13.3. The number of rotatable bonds is 4. The molecule has 0 amide bonds. The van der Waals surface area contributed by atoms with Gasteiger partial charge in [-0.15, -0.1) is 0 Å². The Bertz CT molecular complexity index is 326. The van der Waals surface area contributed by atoms with Crippen LogP contribution in [-0.4, -0.2) is 34.3 Å². The molecule has 0 bridgehead atoms. The standard InChI is InChI=1S/C10H17N5/c1-3-15(10(12-2)4-5-11)7-9-6-13-8-14-9/h4-6,8H,3,7,11H2,1-2H3,(H,13,14). The number of amidine groups is 1. The lowest BCUT2D eigenvalue weighted by Gasteiger charge is -2.21. The van der Waals surface area contributed by atoms with Gasteiger partial charge in [0.15, 0.2) is 0 Å². The molecule has 0 aromatic carbocycles. The van der Waals surface area contributed by atoms with Crippen molar-refractivity contribution < 1.29 is 0 Å². The van der Waals surface area contributed by atoms with Crippen molar-refractivity contribution in [2.75, 3.05) is 13.6 Å².